The number of hydrogen-bond acceptors (Lipinski definition) is 5. The van der Waals surface area contributed by atoms with Crippen molar-refractivity contribution in [2.24, 2.45) is 0 Å². The summed E-state index contributed by atoms with van der Waals surface area (Å²) in [6, 6.07) is 8.57. The van der Waals surface area contributed by atoms with E-state index in [1.54, 1.807) is 0 Å². The van der Waals surface area contributed by atoms with Gasteiger partial charge < -0.3 is 9.84 Å². The third kappa shape index (κ3) is 4.77. The lowest BCUT2D eigenvalue weighted by Gasteiger charge is -2.32. The van der Waals surface area contributed by atoms with Gasteiger partial charge in [0.05, 0.1) is 6.54 Å². The summed E-state index contributed by atoms with van der Waals surface area (Å²) in [5.74, 6) is 1.41. The Labute approximate surface area is 142 Å². The highest BCUT2D eigenvalue weighted by atomic mass is 35.5. The van der Waals surface area contributed by atoms with Gasteiger partial charge in [-0.3, -0.25) is 4.90 Å². The molecule has 1 aliphatic heterocycles. The van der Waals surface area contributed by atoms with Crippen LogP contribution in [0.3, 0.4) is 0 Å². The number of nitrogens with one attached hydrogen (secondary N) is 1. The van der Waals surface area contributed by atoms with E-state index in [1.165, 1.54) is 18.4 Å². The van der Waals surface area contributed by atoms with Crippen LogP contribution in [-0.2, 0) is 13.0 Å². The average Bonchev–Trinajstić information content (AvgIpc) is 2.95. The molecule has 1 N–H and O–H groups in total. The van der Waals surface area contributed by atoms with E-state index in [0.717, 1.165) is 43.4 Å². The van der Waals surface area contributed by atoms with Crippen molar-refractivity contribution in [2.45, 2.75) is 38.8 Å². The number of rotatable bonds is 6. The second kappa shape index (κ2) is 7.90. The lowest BCUT2D eigenvalue weighted by Crippen LogP contribution is -2.45. The van der Waals surface area contributed by atoms with Crippen molar-refractivity contribution < 1.29 is 4.52 Å². The predicted molar refractivity (Wildman–Crippen MR) is 90.5 cm³/mol. The number of nitrogens with zero attached hydrogens (tertiary/aromatic N) is 3. The molecule has 124 valence electrons. The standard InChI is InChI=1S/C17H23ClN4O/c1-13-20-17(21-23-13)12-22-10-4-6-15(11-22)19-9-8-14-5-2-3-7-16(14)18/h2-3,5,7,15,19H,4,6,8-12H2,1H3/t15-/m0/s1. The van der Waals surface area contributed by atoms with Crippen molar-refractivity contribution in [2.75, 3.05) is 19.6 Å². The molecule has 23 heavy (non-hydrogen) atoms. The normalized spacial score (nSPS) is 19.1. The smallest absolute Gasteiger partial charge is 0.223 e. The second-order valence-electron chi connectivity index (χ2n) is 6.10. The maximum atomic E-state index is 6.20. The Balaban J connectivity index is 1.44. The van der Waals surface area contributed by atoms with Crippen molar-refractivity contribution in [3.8, 4) is 0 Å². The maximum absolute atomic E-state index is 6.20. The molecule has 0 spiro atoms. The lowest BCUT2D eigenvalue weighted by molar-refractivity contribution is 0.178. The van der Waals surface area contributed by atoms with Crippen LogP contribution in [0.5, 0.6) is 0 Å². The first-order chi connectivity index (χ1) is 11.2. The zero-order chi connectivity index (χ0) is 16.1. The number of piperidine rings is 1. The zero-order valence-corrected chi connectivity index (χ0v) is 14.2. The van der Waals surface area contributed by atoms with Crippen LogP contribution in [0.25, 0.3) is 0 Å². The molecule has 1 saturated heterocycles. The van der Waals surface area contributed by atoms with Gasteiger partial charge in [-0.1, -0.05) is 35.0 Å². The van der Waals surface area contributed by atoms with Crippen molar-refractivity contribution in [1.82, 2.24) is 20.4 Å². The van der Waals surface area contributed by atoms with Crippen LogP contribution in [0, 0.1) is 6.92 Å². The molecule has 5 nitrogen and oxygen atoms in total. The van der Waals surface area contributed by atoms with Gasteiger partial charge in [0.2, 0.25) is 5.89 Å². The summed E-state index contributed by atoms with van der Waals surface area (Å²) in [6.45, 7) is 5.65. The predicted octanol–water partition coefficient (Wildman–Crippen LogP) is 2.83. The highest BCUT2D eigenvalue weighted by Crippen LogP contribution is 2.16. The van der Waals surface area contributed by atoms with E-state index in [4.69, 9.17) is 16.1 Å². The highest BCUT2D eigenvalue weighted by molar-refractivity contribution is 6.31. The fraction of sp³-hybridized carbons (Fsp3) is 0.529. The fourth-order valence-electron chi connectivity index (χ4n) is 3.08. The van der Waals surface area contributed by atoms with E-state index in [1.807, 2.05) is 25.1 Å². The van der Waals surface area contributed by atoms with Gasteiger partial charge in [-0.25, -0.2) is 0 Å². The number of halogens is 1. The maximum Gasteiger partial charge on any atom is 0.223 e. The van der Waals surface area contributed by atoms with Gasteiger partial charge in [-0.2, -0.15) is 4.98 Å². The van der Waals surface area contributed by atoms with Gasteiger partial charge in [0.25, 0.3) is 0 Å². The summed E-state index contributed by atoms with van der Waals surface area (Å²) < 4.78 is 5.04. The van der Waals surface area contributed by atoms with E-state index >= 15 is 0 Å². The first-order valence-corrected chi connectivity index (χ1v) is 8.57. The molecular formula is C17H23ClN4O. The quantitative estimate of drug-likeness (QED) is 0.880. The minimum Gasteiger partial charge on any atom is -0.340 e. The molecule has 0 amide bonds. The summed E-state index contributed by atoms with van der Waals surface area (Å²) in [4.78, 5) is 6.68. The summed E-state index contributed by atoms with van der Waals surface area (Å²) in [6.07, 6.45) is 3.37. The summed E-state index contributed by atoms with van der Waals surface area (Å²) in [5, 5.41) is 8.49. The summed E-state index contributed by atoms with van der Waals surface area (Å²) >= 11 is 6.20. The number of hydrogen-bond donors (Lipinski definition) is 1. The molecule has 6 heteroatoms. The Hall–Kier alpha value is -1.43. The molecule has 0 radical (unpaired) electrons. The van der Waals surface area contributed by atoms with Crippen LogP contribution in [0.15, 0.2) is 28.8 Å². The first-order valence-electron chi connectivity index (χ1n) is 8.19. The van der Waals surface area contributed by atoms with E-state index in [-0.39, 0.29) is 0 Å². The Morgan fingerprint density at radius 1 is 1.39 bits per heavy atom. The zero-order valence-electron chi connectivity index (χ0n) is 13.5. The average molecular weight is 335 g/mol. The number of aromatic nitrogens is 2. The summed E-state index contributed by atoms with van der Waals surface area (Å²) in [7, 11) is 0. The largest absolute Gasteiger partial charge is 0.340 e. The third-order valence-electron chi connectivity index (χ3n) is 4.23. The molecule has 1 aromatic carbocycles. The van der Waals surface area contributed by atoms with Crippen LogP contribution in [0.1, 0.15) is 30.1 Å². The van der Waals surface area contributed by atoms with Gasteiger partial charge in [0.15, 0.2) is 5.82 Å². The Morgan fingerprint density at radius 2 is 2.26 bits per heavy atom. The molecule has 2 aromatic rings. The van der Waals surface area contributed by atoms with Gasteiger partial charge in [0.1, 0.15) is 0 Å². The number of aryl methyl sites for hydroxylation is 1. The Morgan fingerprint density at radius 3 is 3.04 bits per heavy atom. The van der Waals surface area contributed by atoms with E-state index in [0.29, 0.717) is 11.9 Å². The van der Waals surface area contributed by atoms with Crippen LogP contribution < -0.4 is 5.32 Å². The molecule has 0 bridgehead atoms. The third-order valence-corrected chi connectivity index (χ3v) is 4.59. The second-order valence-corrected chi connectivity index (χ2v) is 6.51. The molecule has 0 unspecified atom stereocenters. The topological polar surface area (TPSA) is 54.2 Å². The van der Waals surface area contributed by atoms with Crippen LogP contribution in [0.4, 0.5) is 0 Å². The van der Waals surface area contributed by atoms with Gasteiger partial charge in [-0.15, -0.1) is 0 Å². The Kier molecular flexibility index (Phi) is 5.65. The minimum atomic E-state index is 0.513. The molecule has 0 saturated carbocycles. The number of benzene rings is 1. The Bertz CT molecular complexity index is 631. The SMILES string of the molecule is Cc1nc(CN2CCC[C@H](NCCc3ccccc3Cl)C2)no1. The fourth-order valence-corrected chi connectivity index (χ4v) is 3.31. The van der Waals surface area contributed by atoms with Crippen LogP contribution >= 0.6 is 11.6 Å². The lowest BCUT2D eigenvalue weighted by atomic mass is 10.1. The molecule has 3 rings (SSSR count). The van der Waals surface area contributed by atoms with E-state index in [9.17, 15) is 0 Å². The van der Waals surface area contributed by atoms with Crippen molar-refractivity contribution in [3.63, 3.8) is 0 Å². The van der Waals surface area contributed by atoms with Crippen LogP contribution in [-0.4, -0.2) is 40.7 Å². The number of likely N-dealkylation sites (tertiary alicyclic amines) is 1. The van der Waals surface area contributed by atoms with Gasteiger partial charge in [0, 0.05) is 24.5 Å². The van der Waals surface area contributed by atoms with Crippen molar-refractivity contribution in [3.05, 3.63) is 46.6 Å². The van der Waals surface area contributed by atoms with E-state index in [2.05, 4.69) is 26.4 Å². The van der Waals surface area contributed by atoms with Crippen LogP contribution in [0.2, 0.25) is 5.02 Å². The molecule has 1 atom stereocenters. The van der Waals surface area contributed by atoms with Gasteiger partial charge in [-0.05, 0) is 44.0 Å². The molecule has 0 aliphatic carbocycles. The minimum absolute atomic E-state index is 0.513. The van der Waals surface area contributed by atoms with E-state index < -0.39 is 0 Å². The molecule has 1 aliphatic rings. The first kappa shape index (κ1) is 16.4. The van der Waals surface area contributed by atoms with Gasteiger partial charge >= 0.3 is 0 Å². The molecule has 1 fully saturated rings. The van der Waals surface area contributed by atoms with Crippen molar-refractivity contribution in [1.29, 1.82) is 0 Å². The molecular weight excluding hydrogens is 312 g/mol. The monoisotopic (exact) mass is 334 g/mol. The molecule has 1 aromatic heterocycles. The highest BCUT2D eigenvalue weighted by Gasteiger charge is 2.20. The van der Waals surface area contributed by atoms with Crippen molar-refractivity contribution >= 4 is 11.6 Å². The summed E-state index contributed by atoms with van der Waals surface area (Å²) in [5.41, 5.74) is 1.21. The molecule has 2 heterocycles.